The van der Waals surface area contributed by atoms with Gasteiger partial charge in [0, 0.05) is 0 Å². The second-order valence-corrected chi connectivity index (χ2v) is 3.36. The van der Waals surface area contributed by atoms with Crippen LogP contribution in [0, 0.1) is 5.92 Å². The largest absolute Gasteiger partial charge is 0.481 e. The molecular weight excluding hydrogens is 164 g/mol. The number of hydrogen-bond acceptors (Lipinski definition) is 1. The van der Waals surface area contributed by atoms with Crippen molar-refractivity contribution in [3.8, 4) is 0 Å². The van der Waals surface area contributed by atoms with Crippen LogP contribution in [-0.4, -0.2) is 11.1 Å². The molecule has 1 atom stereocenters. The van der Waals surface area contributed by atoms with Gasteiger partial charge >= 0.3 is 5.97 Å². The Kier molecular flexibility index (Phi) is 5.94. The third kappa shape index (κ3) is 6.14. The summed E-state index contributed by atoms with van der Waals surface area (Å²) in [6.45, 7) is 7.41. The van der Waals surface area contributed by atoms with Gasteiger partial charge in [0.25, 0.3) is 0 Å². The van der Waals surface area contributed by atoms with E-state index < -0.39 is 5.97 Å². The van der Waals surface area contributed by atoms with Crippen molar-refractivity contribution in [2.75, 3.05) is 0 Å². The zero-order chi connectivity index (χ0) is 10.3. The molecule has 0 saturated heterocycles. The minimum absolute atomic E-state index is 0.243. The molecular formula is C11H18O2. The van der Waals surface area contributed by atoms with E-state index in [2.05, 4.69) is 12.7 Å². The molecule has 0 amide bonds. The third-order valence-electron chi connectivity index (χ3n) is 1.98. The zero-order valence-corrected chi connectivity index (χ0v) is 8.42. The van der Waals surface area contributed by atoms with Crippen molar-refractivity contribution in [3.05, 3.63) is 24.3 Å². The number of hydrogen-bond donors (Lipinski definition) is 1. The van der Waals surface area contributed by atoms with Gasteiger partial charge in [0.15, 0.2) is 0 Å². The molecule has 0 bridgehead atoms. The predicted molar refractivity (Wildman–Crippen MR) is 54.6 cm³/mol. The van der Waals surface area contributed by atoms with E-state index >= 15 is 0 Å². The predicted octanol–water partition coefficient (Wildman–Crippen LogP) is 3.01. The average molecular weight is 182 g/mol. The molecule has 0 aliphatic heterocycles. The zero-order valence-electron chi connectivity index (χ0n) is 8.42. The summed E-state index contributed by atoms with van der Waals surface area (Å²) in [5.41, 5.74) is 1.26. The summed E-state index contributed by atoms with van der Waals surface area (Å²) in [5, 5.41) is 8.61. The van der Waals surface area contributed by atoms with Gasteiger partial charge in [-0.05, 0) is 26.2 Å². The van der Waals surface area contributed by atoms with Crippen molar-refractivity contribution < 1.29 is 9.90 Å². The van der Waals surface area contributed by atoms with Crippen LogP contribution in [0.4, 0.5) is 0 Å². The molecule has 0 fully saturated rings. The first-order valence-corrected chi connectivity index (χ1v) is 4.57. The van der Waals surface area contributed by atoms with Gasteiger partial charge in [-0.25, -0.2) is 0 Å². The highest BCUT2D eigenvalue weighted by Gasteiger charge is 2.08. The maximum Gasteiger partial charge on any atom is 0.306 e. The summed E-state index contributed by atoms with van der Waals surface area (Å²) in [6, 6.07) is 0. The smallest absolute Gasteiger partial charge is 0.306 e. The second-order valence-electron chi connectivity index (χ2n) is 3.36. The molecule has 0 saturated carbocycles. The molecule has 0 radical (unpaired) electrons. The fourth-order valence-corrected chi connectivity index (χ4v) is 1.01. The van der Waals surface area contributed by atoms with Crippen molar-refractivity contribution >= 4 is 5.97 Å². The highest BCUT2D eigenvalue weighted by Crippen LogP contribution is 2.09. The fraction of sp³-hybridized carbons (Fsp3) is 0.545. The Hall–Kier alpha value is -1.05. The topological polar surface area (TPSA) is 37.3 Å². The first-order valence-electron chi connectivity index (χ1n) is 4.57. The molecule has 74 valence electrons. The minimum Gasteiger partial charge on any atom is -0.481 e. The summed E-state index contributed by atoms with van der Waals surface area (Å²) < 4.78 is 0. The van der Waals surface area contributed by atoms with Gasteiger partial charge in [-0.2, -0.15) is 0 Å². The normalized spacial score (nSPS) is 13.8. The van der Waals surface area contributed by atoms with Crippen molar-refractivity contribution in [1.82, 2.24) is 0 Å². The van der Waals surface area contributed by atoms with Crippen LogP contribution in [0.1, 0.15) is 33.1 Å². The van der Waals surface area contributed by atoms with Crippen LogP contribution in [0.5, 0.6) is 0 Å². The summed E-state index contributed by atoms with van der Waals surface area (Å²) >= 11 is 0. The lowest BCUT2D eigenvalue weighted by Gasteiger charge is -2.03. The van der Waals surface area contributed by atoms with Gasteiger partial charge in [0.05, 0.1) is 5.92 Å². The van der Waals surface area contributed by atoms with E-state index in [1.165, 1.54) is 5.57 Å². The fourth-order valence-electron chi connectivity index (χ4n) is 1.01. The Labute approximate surface area is 80.0 Å². The Morgan fingerprint density at radius 1 is 1.62 bits per heavy atom. The van der Waals surface area contributed by atoms with E-state index in [1.807, 2.05) is 13.0 Å². The van der Waals surface area contributed by atoms with Crippen LogP contribution in [0.25, 0.3) is 0 Å². The molecule has 0 aromatic heterocycles. The molecule has 2 nitrogen and oxygen atoms in total. The first-order chi connectivity index (χ1) is 6.07. The summed E-state index contributed by atoms with van der Waals surface area (Å²) in [6.07, 6.45) is 6.38. The highest BCUT2D eigenvalue weighted by molar-refractivity contribution is 5.69. The van der Waals surface area contributed by atoms with Crippen LogP contribution < -0.4 is 0 Å². The Balaban J connectivity index is 3.71. The van der Waals surface area contributed by atoms with Crippen LogP contribution >= 0.6 is 0 Å². The van der Waals surface area contributed by atoms with E-state index in [9.17, 15) is 4.79 Å². The van der Waals surface area contributed by atoms with Gasteiger partial charge in [0.2, 0.25) is 0 Å². The molecule has 13 heavy (non-hydrogen) atoms. The van der Waals surface area contributed by atoms with Crippen LogP contribution in [0.2, 0.25) is 0 Å². The van der Waals surface area contributed by atoms with Crippen LogP contribution in [0.3, 0.4) is 0 Å². The first kappa shape index (κ1) is 11.9. The lowest BCUT2D eigenvalue weighted by atomic mass is 10.0. The third-order valence-corrected chi connectivity index (χ3v) is 1.98. The Bertz CT molecular complexity index is 204. The Morgan fingerprint density at radius 3 is 2.69 bits per heavy atom. The standard InChI is InChI=1S/C11H18O2/c1-4-6-9(2)7-5-8-10(3)11(12)13/h4,7,10H,1,5-6,8H2,2-3H3,(H,12,13). The average Bonchev–Trinajstić information content (AvgIpc) is 2.04. The lowest BCUT2D eigenvalue weighted by molar-refractivity contribution is -0.141. The molecule has 0 spiro atoms. The van der Waals surface area contributed by atoms with Gasteiger partial charge in [-0.15, -0.1) is 6.58 Å². The number of rotatable bonds is 6. The van der Waals surface area contributed by atoms with E-state index in [0.29, 0.717) is 6.42 Å². The molecule has 0 rings (SSSR count). The van der Waals surface area contributed by atoms with E-state index in [1.54, 1.807) is 6.92 Å². The number of carboxylic acids is 1. The van der Waals surface area contributed by atoms with Crippen molar-refractivity contribution in [2.24, 2.45) is 5.92 Å². The quantitative estimate of drug-likeness (QED) is 0.641. The maximum absolute atomic E-state index is 10.5. The molecule has 0 heterocycles. The molecule has 0 aliphatic carbocycles. The maximum atomic E-state index is 10.5. The lowest BCUT2D eigenvalue weighted by Crippen LogP contribution is -2.08. The van der Waals surface area contributed by atoms with Gasteiger partial charge in [0.1, 0.15) is 0 Å². The Morgan fingerprint density at radius 2 is 2.23 bits per heavy atom. The molecule has 0 aromatic rings. The molecule has 1 N–H and O–H groups in total. The van der Waals surface area contributed by atoms with Crippen LogP contribution in [0.15, 0.2) is 24.3 Å². The number of allylic oxidation sites excluding steroid dienone is 3. The van der Waals surface area contributed by atoms with Crippen LogP contribution in [-0.2, 0) is 4.79 Å². The summed E-state index contributed by atoms with van der Waals surface area (Å²) in [5.74, 6) is -0.956. The monoisotopic (exact) mass is 182 g/mol. The molecule has 1 unspecified atom stereocenters. The minimum atomic E-state index is -0.713. The van der Waals surface area contributed by atoms with Gasteiger partial charge in [-0.1, -0.05) is 24.6 Å². The van der Waals surface area contributed by atoms with Crippen molar-refractivity contribution in [1.29, 1.82) is 0 Å². The van der Waals surface area contributed by atoms with Gasteiger partial charge < -0.3 is 5.11 Å². The van der Waals surface area contributed by atoms with Gasteiger partial charge in [-0.3, -0.25) is 4.79 Å². The molecule has 0 aliphatic rings. The summed E-state index contributed by atoms with van der Waals surface area (Å²) in [4.78, 5) is 10.5. The van der Waals surface area contributed by atoms with Crippen molar-refractivity contribution in [3.63, 3.8) is 0 Å². The number of carboxylic acid groups (broad SMARTS) is 1. The molecule has 0 aromatic carbocycles. The van der Waals surface area contributed by atoms with E-state index in [-0.39, 0.29) is 5.92 Å². The SMILES string of the molecule is C=CCC(C)=CCCC(C)C(=O)O. The second kappa shape index (κ2) is 6.46. The summed E-state index contributed by atoms with van der Waals surface area (Å²) in [7, 11) is 0. The van der Waals surface area contributed by atoms with E-state index in [4.69, 9.17) is 5.11 Å². The number of aliphatic carboxylic acids is 1. The van der Waals surface area contributed by atoms with E-state index in [0.717, 1.165) is 12.8 Å². The molecule has 2 heteroatoms. The number of carbonyl (C=O) groups is 1. The highest BCUT2D eigenvalue weighted by atomic mass is 16.4. The van der Waals surface area contributed by atoms with Crippen molar-refractivity contribution in [2.45, 2.75) is 33.1 Å².